The van der Waals surface area contributed by atoms with Gasteiger partial charge in [-0.25, -0.2) is 14.2 Å². The van der Waals surface area contributed by atoms with Gasteiger partial charge in [0.2, 0.25) is 0 Å². The first-order valence-corrected chi connectivity index (χ1v) is 10.4. The number of nitrogens with zero attached hydrogens (tertiary/aromatic N) is 3. The molecule has 1 atom stereocenters. The molecule has 0 spiro atoms. The Morgan fingerprint density at radius 3 is 2.77 bits per heavy atom. The van der Waals surface area contributed by atoms with Crippen LogP contribution in [-0.4, -0.2) is 39.8 Å². The number of imidazole rings is 1. The van der Waals surface area contributed by atoms with Gasteiger partial charge in [-0.1, -0.05) is 19.1 Å². The molecule has 1 aliphatic heterocycles. The predicted octanol–water partition coefficient (Wildman–Crippen LogP) is 4.09. The Hall–Kier alpha value is -3.13. The first kappa shape index (κ1) is 20.2. The van der Waals surface area contributed by atoms with E-state index in [4.69, 9.17) is 4.74 Å². The lowest BCUT2D eigenvalue weighted by Crippen LogP contribution is -2.36. The highest BCUT2D eigenvalue weighted by Crippen LogP contribution is 2.37. The molecule has 1 unspecified atom stereocenters. The van der Waals surface area contributed by atoms with Crippen LogP contribution >= 0.6 is 11.8 Å². The zero-order valence-corrected chi connectivity index (χ0v) is 17.1. The Balaban J connectivity index is 1.47. The molecule has 1 aromatic heterocycles. The number of rotatable bonds is 4. The molecule has 2 heterocycles. The number of anilines is 1. The van der Waals surface area contributed by atoms with E-state index in [0.717, 1.165) is 17.0 Å². The summed E-state index contributed by atoms with van der Waals surface area (Å²) in [7, 11) is 0. The van der Waals surface area contributed by atoms with Crippen molar-refractivity contribution in [2.75, 3.05) is 18.1 Å². The van der Waals surface area contributed by atoms with E-state index in [9.17, 15) is 14.0 Å². The zero-order chi connectivity index (χ0) is 21.1. The van der Waals surface area contributed by atoms with Crippen LogP contribution in [0.2, 0.25) is 0 Å². The third kappa shape index (κ3) is 4.23. The highest BCUT2D eigenvalue weighted by Gasteiger charge is 2.25. The average Bonchev–Trinajstić information content (AvgIpc) is 3.17. The lowest BCUT2D eigenvalue weighted by atomic mass is 10.2. The van der Waals surface area contributed by atoms with Crippen molar-refractivity contribution in [2.45, 2.75) is 23.5 Å². The van der Waals surface area contributed by atoms with E-state index in [1.165, 1.54) is 41.4 Å². The van der Waals surface area contributed by atoms with E-state index in [-0.39, 0.29) is 24.0 Å². The van der Waals surface area contributed by atoms with Crippen molar-refractivity contribution in [3.05, 3.63) is 72.6 Å². The maximum Gasteiger partial charge on any atom is 0.357 e. The topological polar surface area (TPSA) is 64.4 Å². The van der Waals surface area contributed by atoms with Gasteiger partial charge in [0, 0.05) is 22.4 Å². The Morgan fingerprint density at radius 2 is 1.97 bits per heavy atom. The quantitative estimate of drug-likeness (QED) is 0.589. The molecule has 3 aromatic rings. The lowest BCUT2D eigenvalue weighted by Gasteiger charge is -2.22. The molecule has 30 heavy (non-hydrogen) atoms. The van der Waals surface area contributed by atoms with Gasteiger partial charge in [-0.15, -0.1) is 11.8 Å². The first-order chi connectivity index (χ1) is 14.5. The second kappa shape index (κ2) is 8.71. The number of hydrogen-bond acceptors (Lipinski definition) is 5. The zero-order valence-electron chi connectivity index (χ0n) is 16.3. The SMILES string of the molecule is CC1CCN(C(=O)COC(=O)c2cncn2-c2ccc(F)cc2)c2ccccc2S1. The number of carbonyl (C=O) groups excluding carboxylic acids is 2. The van der Waals surface area contributed by atoms with Gasteiger partial charge in [0.15, 0.2) is 12.3 Å². The minimum atomic E-state index is -0.670. The molecule has 0 fully saturated rings. The van der Waals surface area contributed by atoms with E-state index >= 15 is 0 Å². The van der Waals surface area contributed by atoms with Crippen molar-refractivity contribution in [3.63, 3.8) is 0 Å². The second-order valence-electron chi connectivity index (χ2n) is 6.93. The number of ether oxygens (including phenoxy) is 1. The molecular formula is C22H20FN3O3S. The van der Waals surface area contributed by atoms with Crippen molar-refractivity contribution in [1.82, 2.24) is 9.55 Å². The molecule has 1 amide bonds. The number of fused-ring (bicyclic) bond motifs is 1. The molecule has 0 radical (unpaired) electrons. The molecule has 0 saturated heterocycles. The number of para-hydroxylation sites is 1. The number of benzene rings is 2. The highest BCUT2D eigenvalue weighted by molar-refractivity contribution is 8.00. The van der Waals surface area contributed by atoms with Crippen LogP contribution in [0, 0.1) is 5.82 Å². The fraction of sp³-hybridized carbons (Fsp3) is 0.227. The minimum Gasteiger partial charge on any atom is -0.451 e. The standard InChI is InChI=1S/C22H20FN3O3S/c1-15-10-11-25(18-4-2-3-5-20(18)30-15)21(27)13-29-22(28)19-12-24-14-26(19)17-8-6-16(23)7-9-17/h2-9,12,14-15H,10-11,13H2,1H3. The summed E-state index contributed by atoms with van der Waals surface area (Å²) in [6, 6.07) is 13.4. The summed E-state index contributed by atoms with van der Waals surface area (Å²) in [5.74, 6) is -1.33. The normalized spacial score (nSPS) is 15.9. The van der Waals surface area contributed by atoms with Gasteiger partial charge in [0.25, 0.3) is 5.91 Å². The molecule has 0 saturated carbocycles. The summed E-state index contributed by atoms with van der Waals surface area (Å²) in [5.41, 5.74) is 1.57. The lowest BCUT2D eigenvalue weighted by molar-refractivity contribution is -0.121. The Morgan fingerprint density at radius 1 is 1.20 bits per heavy atom. The number of carbonyl (C=O) groups is 2. The Bertz CT molecular complexity index is 1070. The van der Waals surface area contributed by atoms with Gasteiger partial charge in [-0.05, 0) is 42.8 Å². The fourth-order valence-electron chi connectivity index (χ4n) is 3.28. The highest BCUT2D eigenvalue weighted by atomic mass is 32.2. The summed E-state index contributed by atoms with van der Waals surface area (Å²) in [6.07, 6.45) is 3.64. The van der Waals surface area contributed by atoms with Gasteiger partial charge in [-0.3, -0.25) is 9.36 Å². The second-order valence-corrected chi connectivity index (χ2v) is 8.41. The maximum atomic E-state index is 13.2. The summed E-state index contributed by atoms with van der Waals surface area (Å²) < 4.78 is 20.0. The van der Waals surface area contributed by atoms with E-state index in [1.54, 1.807) is 16.7 Å². The van der Waals surface area contributed by atoms with Crippen LogP contribution < -0.4 is 4.90 Å². The van der Waals surface area contributed by atoms with Crippen LogP contribution in [0.4, 0.5) is 10.1 Å². The minimum absolute atomic E-state index is 0.162. The van der Waals surface area contributed by atoms with Gasteiger partial charge in [0.05, 0.1) is 18.2 Å². The molecule has 8 heteroatoms. The Kier molecular flexibility index (Phi) is 5.85. The van der Waals surface area contributed by atoms with Gasteiger partial charge < -0.3 is 9.64 Å². The number of aromatic nitrogens is 2. The van der Waals surface area contributed by atoms with Crippen LogP contribution in [0.15, 0.2) is 66.0 Å². The molecule has 154 valence electrons. The van der Waals surface area contributed by atoms with E-state index < -0.39 is 5.97 Å². The molecule has 6 nitrogen and oxygen atoms in total. The molecule has 0 aliphatic carbocycles. The first-order valence-electron chi connectivity index (χ1n) is 9.54. The average molecular weight is 425 g/mol. The number of esters is 1. The molecular weight excluding hydrogens is 405 g/mol. The van der Waals surface area contributed by atoms with Crippen LogP contribution in [0.1, 0.15) is 23.8 Å². The molecule has 2 aromatic carbocycles. The number of amides is 1. The predicted molar refractivity (Wildman–Crippen MR) is 113 cm³/mol. The van der Waals surface area contributed by atoms with Crippen molar-refractivity contribution >= 4 is 29.3 Å². The Labute approximate surface area is 177 Å². The van der Waals surface area contributed by atoms with Crippen molar-refractivity contribution in [3.8, 4) is 5.69 Å². The van der Waals surface area contributed by atoms with Crippen LogP contribution in [-0.2, 0) is 9.53 Å². The van der Waals surface area contributed by atoms with Gasteiger partial charge in [-0.2, -0.15) is 0 Å². The third-order valence-corrected chi connectivity index (χ3v) is 6.06. The largest absolute Gasteiger partial charge is 0.451 e. The van der Waals surface area contributed by atoms with Crippen LogP contribution in [0.3, 0.4) is 0 Å². The van der Waals surface area contributed by atoms with E-state index in [2.05, 4.69) is 11.9 Å². The monoisotopic (exact) mass is 425 g/mol. The molecule has 4 rings (SSSR count). The molecule has 1 aliphatic rings. The summed E-state index contributed by atoms with van der Waals surface area (Å²) >= 11 is 1.74. The molecule has 0 bridgehead atoms. The van der Waals surface area contributed by atoms with Gasteiger partial charge >= 0.3 is 5.97 Å². The van der Waals surface area contributed by atoms with Crippen LogP contribution in [0.25, 0.3) is 5.69 Å². The molecule has 0 N–H and O–H groups in total. The number of thioether (sulfide) groups is 1. The fourth-order valence-corrected chi connectivity index (χ4v) is 4.39. The number of hydrogen-bond donors (Lipinski definition) is 0. The van der Waals surface area contributed by atoms with Crippen molar-refractivity contribution in [2.24, 2.45) is 0 Å². The van der Waals surface area contributed by atoms with Gasteiger partial charge in [0.1, 0.15) is 5.82 Å². The smallest absolute Gasteiger partial charge is 0.357 e. The maximum absolute atomic E-state index is 13.2. The summed E-state index contributed by atoms with van der Waals surface area (Å²) in [6.45, 7) is 2.32. The van der Waals surface area contributed by atoms with E-state index in [1.807, 2.05) is 24.3 Å². The summed E-state index contributed by atoms with van der Waals surface area (Å²) in [5, 5.41) is 0.386. The summed E-state index contributed by atoms with van der Waals surface area (Å²) in [4.78, 5) is 32.1. The van der Waals surface area contributed by atoms with Crippen LogP contribution in [0.5, 0.6) is 0 Å². The van der Waals surface area contributed by atoms with Crippen molar-refractivity contribution < 1.29 is 18.7 Å². The third-order valence-electron chi connectivity index (χ3n) is 4.82. The number of halogens is 1. The van der Waals surface area contributed by atoms with E-state index in [0.29, 0.717) is 17.5 Å². The van der Waals surface area contributed by atoms with Crippen molar-refractivity contribution in [1.29, 1.82) is 0 Å².